The molecule has 5 nitrogen and oxygen atoms in total. The van der Waals surface area contributed by atoms with Crippen LogP contribution in [0.25, 0.3) is 0 Å². The molecule has 0 aromatic heterocycles. The van der Waals surface area contributed by atoms with Crippen molar-refractivity contribution in [2.24, 2.45) is 5.92 Å². The van der Waals surface area contributed by atoms with Gasteiger partial charge in [0.1, 0.15) is 12.4 Å². The fourth-order valence-electron chi connectivity index (χ4n) is 5.07. The Morgan fingerprint density at radius 3 is 2.26 bits per heavy atom. The number of nitrogens with zero attached hydrogens (tertiary/aromatic N) is 2. The lowest BCUT2D eigenvalue weighted by Gasteiger charge is -2.34. The van der Waals surface area contributed by atoms with Gasteiger partial charge >= 0.3 is 0 Å². The van der Waals surface area contributed by atoms with Gasteiger partial charge in [0.25, 0.3) is 0 Å². The lowest BCUT2D eigenvalue weighted by Crippen LogP contribution is -2.33. The highest BCUT2D eigenvalue weighted by Gasteiger charge is 2.28. The first-order valence-corrected chi connectivity index (χ1v) is 12.9. The van der Waals surface area contributed by atoms with Crippen molar-refractivity contribution in [3.8, 4) is 5.75 Å². The Morgan fingerprint density at radius 1 is 0.971 bits per heavy atom. The van der Waals surface area contributed by atoms with Crippen molar-refractivity contribution in [2.45, 2.75) is 64.5 Å². The quantitative estimate of drug-likeness (QED) is 0.389. The highest BCUT2D eigenvalue weighted by molar-refractivity contribution is 6.30. The molecule has 0 unspecified atom stereocenters. The zero-order chi connectivity index (χ0) is 23.9. The average Bonchev–Trinajstić information content (AvgIpc) is 3.17. The molecular weight excluding hydrogens is 448 g/mol. The molecule has 2 aliphatic rings. The van der Waals surface area contributed by atoms with Crippen LogP contribution in [0.2, 0.25) is 5.02 Å². The maximum atomic E-state index is 11.7. The second kappa shape index (κ2) is 11.9. The fourth-order valence-corrected chi connectivity index (χ4v) is 5.19. The van der Waals surface area contributed by atoms with E-state index < -0.39 is 0 Å². The number of imide groups is 1. The molecule has 0 N–H and O–H groups in total. The van der Waals surface area contributed by atoms with E-state index in [1.807, 2.05) is 24.3 Å². The van der Waals surface area contributed by atoms with Crippen LogP contribution in [-0.2, 0) is 16.1 Å². The topological polar surface area (TPSA) is 49.9 Å². The van der Waals surface area contributed by atoms with Crippen LogP contribution in [0.1, 0.15) is 69.0 Å². The number of carbonyl (C=O) groups excluding carboxylic acids is 2. The average molecular weight is 483 g/mol. The third kappa shape index (κ3) is 6.61. The molecule has 1 aliphatic carbocycles. The van der Waals surface area contributed by atoms with Crippen molar-refractivity contribution < 1.29 is 14.3 Å². The molecule has 0 radical (unpaired) electrons. The van der Waals surface area contributed by atoms with E-state index >= 15 is 0 Å². The van der Waals surface area contributed by atoms with E-state index in [0.29, 0.717) is 32.0 Å². The van der Waals surface area contributed by atoms with E-state index in [4.69, 9.17) is 16.3 Å². The predicted octanol–water partition coefficient (Wildman–Crippen LogP) is 6.01. The molecule has 1 saturated carbocycles. The Bertz CT molecular complexity index is 939. The van der Waals surface area contributed by atoms with Crippen LogP contribution in [0.15, 0.2) is 48.5 Å². The first kappa shape index (κ1) is 24.7. The standard InChI is InChI=1S/C28H35ClN2O3/c1-21(24-9-11-25(29)12-10-24)30(19-22-5-3-2-4-6-22)20-23-7-13-26(14-8-23)34-18-17-31-27(32)15-16-28(31)33/h7-14,21-22H,2-6,15-20H2,1H3/t21-/m0/s1. The van der Waals surface area contributed by atoms with Gasteiger partial charge in [0.05, 0.1) is 6.54 Å². The summed E-state index contributed by atoms with van der Waals surface area (Å²) in [5, 5.41) is 0.767. The molecule has 1 heterocycles. The van der Waals surface area contributed by atoms with Crippen LogP contribution < -0.4 is 4.74 Å². The van der Waals surface area contributed by atoms with Gasteiger partial charge in [-0.15, -0.1) is 0 Å². The normalized spacial score (nSPS) is 18.0. The van der Waals surface area contributed by atoms with E-state index in [0.717, 1.165) is 29.8 Å². The summed E-state index contributed by atoms with van der Waals surface area (Å²) in [6, 6.07) is 16.7. The zero-order valence-electron chi connectivity index (χ0n) is 20.0. The molecule has 0 spiro atoms. The molecule has 6 heteroatoms. The maximum absolute atomic E-state index is 11.7. The molecule has 0 bridgehead atoms. The van der Waals surface area contributed by atoms with Crippen LogP contribution in [0.5, 0.6) is 5.75 Å². The molecule has 1 saturated heterocycles. The first-order chi connectivity index (χ1) is 16.5. The van der Waals surface area contributed by atoms with Crippen molar-refractivity contribution in [1.82, 2.24) is 9.80 Å². The Labute approximate surface area is 208 Å². The summed E-state index contributed by atoms with van der Waals surface area (Å²) in [5.74, 6) is 1.31. The molecule has 1 atom stereocenters. The lowest BCUT2D eigenvalue weighted by atomic mass is 9.88. The van der Waals surface area contributed by atoms with Crippen molar-refractivity contribution in [1.29, 1.82) is 0 Å². The molecule has 4 rings (SSSR count). The number of halogens is 1. The lowest BCUT2D eigenvalue weighted by molar-refractivity contribution is -0.138. The van der Waals surface area contributed by atoms with Gasteiger partial charge in [-0.3, -0.25) is 19.4 Å². The minimum atomic E-state index is -0.100. The second-order valence-corrected chi connectivity index (χ2v) is 10.0. The summed E-state index contributed by atoms with van der Waals surface area (Å²) in [6.45, 7) is 4.88. The van der Waals surface area contributed by atoms with Gasteiger partial charge in [-0.25, -0.2) is 0 Å². The van der Waals surface area contributed by atoms with Crippen LogP contribution >= 0.6 is 11.6 Å². The summed E-state index contributed by atoms with van der Waals surface area (Å²) in [6.07, 6.45) is 7.32. The minimum absolute atomic E-state index is 0.100. The van der Waals surface area contributed by atoms with Crippen molar-refractivity contribution in [2.75, 3.05) is 19.7 Å². The predicted molar refractivity (Wildman–Crippen MR) is 135 cm³/mol. The highest BCUT2D eigenvalue weighted by atomic mass is 35.5. The molecule has 1 aliphatic heterocycles. The molecule has 182 valence electrons. The van der Waals surface area contributed by atoms with E-state index in [9.17, 15) is 9.59 Å². The van der Waals surface area contributed by atoms with Gasteiger partial charge in [0.15, 0.2) is 0 Å². The molecule has 2 aromatic rings. The summed E-state index contributed by atoms with van der Waals surface area (Å²) in [4.78, 5) is 27.3. The fraction of sp³-hybridized carbons (Fsp3) is 0.500. The maximum Gasteiger partial charge on any atom is 0.229 e. The largest absolute Gasteiger partial charge is 0.492 e. The molecule has 2 fully saturated rings. The van der Waals surface area contributed by atoms with E-state index in [-0.39, 0.29) is 11.8 Å². The van der Waals surface area contributed by atoms with Crippen molar-refractivity contribution in [3.05, 3.63) is 64.7 Å². The van der Waals surface area contributed by atoms with Gasteiger partial charge < -0.3 is 4.74 Å². The number of carbonyl (C=O) groups is 2. The molecule has 2 amide bonds. The van der Waals surface area contributed by atoms with Crippen molar-refractivity contribution in [3.63, 3.8) is 0 Å². The van der Waals surface area contributed by atoms with E-state index in [2.05, 4.69) is 36.1 Å². The minimum Gasteiger partial charge on any atom is -0.492 e. The van der Waals surface area contributed by atoms with Crippen LogP contribution in [0.4, 0.5) is 0 Å². The molecule has 2 aromatic carbocycles. The molecule has 34 heavy (non-hydrogen) atoms. The number of hydrogen-bond donors (Lipinski definition) is 0. The molecular formula is C28H35ClN2O3. The Morgan fingerprint density at radius 2 is 1.62 bits per heavy atom. The zero-order valence-corrected chi connectivity index (χ0v) is 20.8. The number of ether oxygens (including phenoxy) is 1. The Balaban J connectivity index is 1.37. The summed E-state index contributed by atoms with van der Waals surface area (Å²) >= 11 is 6.12. The second-order valence-electron chi connectivity index (χ2n) is 9.59. The third-order valence-corrected chi connectivity index (χ3v) is 7.42. The van der Waals surface area contributed by atoms with Crippen molar-refractivity contribution >= 4 is 23.4 Å². The van der Waals surface area contributed by atoms with E-state index in [1.165, 1.54) is 48.1 Å². The summed E-state index contributed by atoms with van der Waals surface area (Å²) in [5.41, 5.74) is 2.53. The van der Waals surface area contributed by atoms with Gasteiger partial charge in [-0.2, -0.15) is 0 Å². The van der Waals surface area contributed by atoms with Crippen LogP contribution in [-0.4, -0.2) is 41.3 Å². The number of rotatable bonds is 10. The third-order valence-electron chi connectivity index (χ3n) is 7.17. The number of likely N-dealkylation sites (tertiary alicyclic amines) is 1. The first-order valence-electron chi connectivity index (χ1n) is 12.5. The number of benzene rings is 2. The van der Waals surface area contributed by atoms with Gasteiger partial charge in [-0.1, -0.05) is 55.1 Å². The van der Waals surface area contributed by atoms with E-state index in [1.54, 1.807) is 0 Å². The van der Waals surface area contributed by atoms with Gasteiger partial charge in [-0.05, 0) is 61.1 Å². The van der Waals surface area contributed by atoms with Crippen LogP contribution in [0.3, 0.4) is 0 Å². The van der Waals surface area contributed by atoms with Gasteiger partial charge in [0, 0.05) is 37.0 Å². The Hall–Kier alpha value is -2.37. The van der Waals surface area contributed by atoms with Gasteiger partial charge in [0.2, 0.25) is 11.8 Å². The van der Waals surface area contributed by atoms with Crippen LogP contribution in [0, 0.1) is 5.92 Å². The summed E-state index contributed by atoms with van der Waals surface area (Å²) in [7, 11) is 0. The monoisotopic (exact) mass is 482 g/mol. The summed E-state index contributed by atoms with van der Waals surface area (Å²) < 4.78 is 5.80. The Kier molecular flexibility index (Phi) is 8.63. The number of hydrogen-bond acceptors (Lipinski definition) is 4. The highest BCUT2D eigenvalue weighted by Crippen LogP contribution is 2.30. The number of amides is 2. The SMILES string of the molecule is C[C@@H](c1ccc(Cl)cc1)N(Cc1ccc(OCCN2C(=O)CCC2=O)cc1)CC1CCCCC1. The smallest absolute Gasteiger partial charge is 0.229 e.